The van der Waals surface area contributed by atoms with Gasteiger partial charge >= 0.3 is 12.1 Å². The lowest BCUT2D eigenvalue weighted by Crippen LogP contribution is -2.35. The second kappa shape index (κ2) is 6.19. The van der Waals surface area contributed by atoms with Crippen molar-refractivity contribution in [1.82, 2.24) is 5.32 Å². The summed E-state index contributed by atoms with van der Waals surface area (Å²) >= 11 is 0. The molecular weight excluding hydrogens is 228 g/mol. The minimum Gasteiger partial charge on any atom is -0.480 e. The van der Waals surface area contributed by atoms with Crippen LogP contribution in [0.3, 0.4) is 0 Å². The highest BCUT2D eigenvalue weighted by Gasteiger charge is 2.29. The average molecular weight is 246 g/mol. The number of carboxylic acid groups (broad SMARTS) is 1. The Bertz CT molecular complexity index is 308. The molecule has 0 aromatic heterocycles. The molecule has 98 valence electrons. The summed E-state index contributed by atoms with van der Waals surface area (Å²) in [6, 6.07) is -0.0880. The number of hydrogen-bond acceptors (Lipinski definition) is 5. The van der Waals surface area contributed by atoms with Crippen LogP contribution in [-0.2, 0) is 14.3 Å². The highest BCUT2D eigenvalue weighted by molar-refractivity contribution is 5.99. The Balaban J connectivity index is 0.000000419. The van der Waals surface area contributed by atoms with Gasteiger partial charge in [-0.25, -0.2) is 4.79 Å². The number of alkyl carbamates (subject to hydrolysis) is 1. The number of nitrogens with two attached hydrogens (primary N) is 1. The average Bonchev–Trinajstić information content (AvgIpc) is 2.74. The van der Waals surface area contributed by atoms with E-state index in [2.05, 4.69) is 5.32 Å². The van der Waals surface area contributed by atoms with Crippen LogP contribution in [0.1, 0.15) is 27.2 Å². The number of ether oxygens (including phenoxy) is 1. The van der Waals surface area contributed by atoms with Crippen LogP contribution in [0.4, 0.5) is 4.79 Å². The zero-order chi connectivity index (χ0) is 13.6. The molecule has 7 nitrogen and oxygen atoms in total. The first kappa shape index (κ1) is 15.4. The number of aliphatic carboxylic acids is 1. The number of amides is 1. The lowest BCUT2D eigenvalue weighted by molar-refractivity contribution is -0.136. The molecule has 0 saturated heterocycles. The SMILES string of the molecule is CC(C)(C)OC(=O)NCC(=O)O.NC1CC1=O. The van der Waals surface area contributed by atoms with Crippen LogP contribution in [0.5, 0.6) is 0 Å². The summed E-state index contributed by atoms with van der Waals surface area (Å²) in [6.07, 6.45) is -0.107. The van der Waals surface area contributed by atoms with Crippen LogP contribution >= 0.6 is 0 Å². The van der Waals surface area contributed by atoms with Gasteiger partial charge in [-0.05, 0) is 20.8 Å². The van der Waals surface area contributed by atoms with Gasteiger partial charge in [0.1, 0.15) is 12.1 Å². The molecule has 4 N–H and O–H groups in total. The Morgan fingerprint density at radius 1 is 1.53 bits per heavy atom. The Morgan fingerprint density at radius 3 is 2.18 bits per heavy atom. The molecule has 0 heterocycles. The van der Waals surface area contributed by atoms with E-state index in [9.17, 15) is 14.4 Å². The third-order valence-electron chi connectivity index (χ3n) is 1.46. The smallest absolute Gasteiger partial charge is 0.408 e. The largest absolute Gasteiger partial charge is 0.480 e. The minimum atomic E-state index is -1.10. The van der Waals surface area contributed by atoms with E-state index in [1.165, 1.54) is 0 Å². The minimum absolute atomic E-state index is 0.0880. The third kappa shape index (κ3) is 10.6. The van der Waals surface area contributed by atoms with Gasteiger partial charge in [0.15, 0.2) is 5.78 Å². The molecule has 0 aromatic carbocycles. The normalized spacial score (nSPS) is 17.6. The van der Waals surface area contributed by atoms with Crippen molar-refractivity contribution >= 4 is 17.8 Å². The number of ketones is 1. The second-order valence-corrected chi connectivity index (χ2v) is 4.53. The van der Waals surface area contributed by atoms with Crippen molar-refractivity contribution in [2.24, 2.45) is 5.73 Å². The quantitative estimate of drug-likeness (QED) is 0.625. The van der Waals surface area contributed by atoms with E-state index >= 15 is 0 Å². The van der Waals surface area contributed by atoms with Gasteiger partial charge in [-0.2, -0.15) is 0 Å². The first-order valence-corrected chi connectivity index (χ1v) is 5.09. The number of rotatable bonds is 2. The van der Waals surface area contributed by atoms with Gasteiger partial charge in [0, 0.05) is 6.42 Å². The summed E-state index contributed by atoms with van der Waals surface area (Å²) in [4.78, 5) is 30.5. The van der Waals surface area contributed by atoms with Crippen LogP contribution in [-0.4, -0.2) is 41.1 Å². The van der Waals surface area contributed by atoms with E-state index in [1.54, 1.807) is 20.8 Å². The molecule has 1 fully saturated rings. The molecule has 0 aliphatic heterocycles. The van der Waals surface area contributed by atoms with Crippen LogP contribution in [0.2, 0.25) is 0 Å². The molecular formula is C10H18N2O5. The summed E-state index contributed by atoms with van der Waals surface area (Å²) in [6.45, 7) is 4.68. The molecule has 1 saturated carbocycles. The Morgan fingerprint density at radius 2 is 1.94 bits per heavy atom. The van der Waals surface area contributed by atoms with Gasteiger partial charge in [-0.1, -0.05) is 0 Å². The second-order valence-electron chi connectivity index (χ2n) is 4.53. The van der Waals surface area contributed by atoms with Gasteiger partial charge in [0.25, 0.3) is 0 Å². The van der Waals surface area contributed by atoms with Crippen molar-refractivity contribution in [3.8, 4) is 0 Å². The zero-order valence-electron chi connectivity index (χ0n) is 10.1. The molecule has 0 radical (unpaired) electrons. The molecule has 17 heavy (non-hydrogen) atoms. The number of hydrogen-bond donors (Lipinski definition) is 3. The zero-order valence-corrected chi connectivity index (χ0v) is 10.1. The third-order valence-corrected chi connectivity index (χ3v) is 1.46. The molecule has 1 unspecified atom stereocenters. The summed E-state index contributed by atoms with van der Waals surface area (Å²) in [7, 11) is 0. The number of Topliss-reactive ketones (excluding diaryl/α,β-unsaturated/α-hetero) is 1. The molecule has 0 spiro atoms. The summed E-state index contributed by atoms with van der Waals surface area (Å²) in [5, 5.41) is 10.3. The van der Waals surface area contributed by atoms with E-state index < -0.39 is 24.2 Å². The molecule has 1 rings (SSSR count). The van der Waals surface area contributed by atoms with E-state index in [0.717, 1.165) is 0 Å². The predicted octanol–water partition coefficient (Wildman–Crippen LogP) is -0.118. The maximum Gasteiger partial charge on any atom is 0.408 e. The molecule has 1 aliphatic carbocycles. The fourth-order valence-corrected chi connectivity index (χ4v) is 0.620. The summed E-state index contributed by atoms with van der Waals surface area (Å²) in [5.74, 6) is -0.897. The molecule has 0 aromatic rings. The number of carbonyl (C=O) groups is 3. The Labute approximate surface area is 99.3 Å². The van der Waals surface area contributed by atoms with Crippen molar-refractivity contribution in [3.05, 3.63) is 0 Å². The predicted molar refractivity (Wildman–Crippen MR) is 59.5 cm³/mol. The maximum absolute atomic E-state index is 10.8. The highest BCUT2D eigenvalue weighted by atomic mass is 16.6. The van der Waals surface area contributed by atoms with E-state index in [4.69, 9.17) is 15.6 Å². The van der Waals surface area contributed by atoms with Crippen molar-refractivity contribution < 1.29 is 24.2 Å². The fourth-order valence-electron chi connectivity index (χ4n) is 0.620. The van der Waals surface area contributed by atoms with Gasteiger partial charge < -0.3 is 20.9 Å². The maximum atomic E-state index is 10.8. The van der Waals surface area contributed by atoms with Crippen LogP contribution in [0.15, 0.2) is 0 Å². The lowest BCUT2D eigenvalue weighted by atomic mass is 10.2. The molecule has 1 atom stereocenters. The van der Waals surface area contributed by atoms with Crippen LogP contribution < -0.4 is 11.1 Å². The Kier molecular flexibility index (Phi) is 5.60. The van der Waals surface area contributed by atoms with Crippen LogP contribution in [0.25, 0.3) is 0 Å². The van der Waals surface area contributed by atoms with Crippen LogP contribution in [0, 0.1) is 0 Å². The van der Waals surface area contributed by atoms with Gasteiger partial charge in [-0.3, -0.25) is 9.59 Å². The number of nitrogens with one attached hydrogen (secondary N) is 1. The van der Waals surface area contributed by atoms with Gasteiger partial charge in [0.05, 0.1) is 6.04 Å². The molecule has 7 heteroatoms. The highest BCUT2D eigenvalue weighted by Crippen LogP contribution is 2.07. The summed E-state index contributed by atoms with van der Waals surface area (Å²) < 4.78 is 4.77. The monoisotopic (exact) mass is 246 g/mol. The molecule has 1 aliphatic rings. The van der Waals surface area contributed by atoms with E-state index in [-0.39, 0.29) is 11.8 Å². The van der Waals surface area contributed by atoms with Crippen molar-refractivity contribution in [3.63, 3.8) is 0 Å². The fraction of sp³-hybridized carbons (Fsp3) is 0.700. The van der Waals surface area contributed by atoms with Crippen molar-refractivity contribution in [2.45, 2.75) is 38.8 Å². The van der Waals surface area contributed by atoms with Crippen molar-refractivity contribution in [1.29, 1.82) is 0 Å². The first-order valence-electron chi connectivity index (χ1n) is 5.09. The van der Waals surface area contributed by atoms with Gasteiger partial charge in [0.2, 0.25) is 0 Å². The topological polar surface area (TPSA) is 119 Å². The standard InChI is InChI=1S/C7H13NO4.C3H5NO/c1-7(2,3)12-6(11)8-4-5(9)10;4-2-1-3(2)5/h4H2,1-3H3,(H,8,11)(H,9,10);2H,1,4H2. The molecule has 0 bridgehead atoms. The van der Waals surface area contributed by atoms with E-state index in [0.29, 0.717) is 6.42 Å². The lowest BCUT2D eigenvalue weighted by Gasteiger charge is -2.19. The van der Waals surface area contributed by atoms with Crippen molar-refractivity contribution in [2.75, 3.05) is 6.54 Å². The molecule has 1 amide bonds. The first-order chi connectivity index (χ1) is 7.61. The number of carbonyl (C=O) groups excluding carboxylic acids is 2. The summed E-state index contributed by atoms with van der Waals surface area (Å²) in [5.41, 5.74) is 4.42. The Hall–Kier alpha value is -1.63. The van der Waals surface area contributed by atoms with Gasteiger partial charge in [-0.15, -0.1) is 0 Å². The van der Waals surface area contributed by atoms with E-state index in [1.807, 2.05) is 0 Å². The number of carboxylic acids is 1.